The van der Waals surface area contributed by atoms with Crippen molar-refractivity contribution in [1.82, 2.24) is 9.80 Å². The van der Waals surface area contributed by atoms with Crippen molar-refractivity contribution in [3.63, 3.8) is 0 Å². The summed E-state index contributed by atoms with van der Waals surface area (Å²) in [6, 6.07) is 2.29. The number of benzene rings is 1. The average Bonchev–Trinajstić information content (AvgIpc) is 2.35. The molecule has 1 aromatic carbocycles. The zero-order valence-corrected chi connectivity index (χ0v) is 11.0. The van der Waals surface area contributed by atoms with E-state index in [1.54, 1.807) is 0 Å². The van der Waals surface area contributed by atoms with Crippen molar-refractivity contribution in [1.29, 1.82) is 0 Å². The summed E-state index contributed by atoms with van der Waals surface area (Å²) in [6.07, 6.45) is 0. The van der Waals surface area contributed by atoms with Gasteiger partial charge in [-0.05, 0) is 6.07 Å². The Kier molecular flexibility index (Phi) is 3.99. The fourth-order valence-corrected chi connectivity index (χ4v) is 2.07. The lowest BCUT2D eigenvalue weighted by Crippen LogP contribution is -2.53. The third-order valence-electron chi connectivity index (χ3n) is 3.26. The predicted octanol–water partition coefficient (Wildman–Crippen LogP) is 0.265. The molecular formula is C13H15F2N3O2. The number of likely N-dealkylation sites (N-methyl/N-ethyl adjacent to an activating group) is 1. The van der Waals surface area contributed by atoms with Crippen LogP contribution in [0.2, 0.25) is 0 Å². The fraction of sp³-hybridized carbons (Fsp3) is 0.385. The first-order chi connectivity index (χ1) is 9.38. The molecule has 2 amide bonds. The molecule has 1 atom stereocenters. The van der Waals surface area contributed by atoms with Crippen LogP contribution < -0.4 is 5.73 Å². The molecule has 2 rings (SSSR count). The summed E-state index contributed by atoms with van der Waals surface area (Å²) in [4.78, 5) is 25.9. The number of rotatable bonds is 3. The normalized spacial score (nSPS) is 17.6. The van der Waals surface area contributed by atoms with Crippen LogP contribution in [-0.2, 0) is 9.59 Å². The summed E-state index contributed by atoms with van der Waals surface area (Å²) in [5, 5.41) is 0. The molecule has 0 aliphatic carbocycles. The van der Waals surface area contributed by atoms with Gasteiger partial charge >= 0.3 is 0 Å². The van der Waals surface area contributed by atoms with E-state index in [1.165, 1.54) is 22.9 Å². The third-order valence-corrected chi connectivity index (χ3v) is 3.26. The van der Waals surface area contributed by atoms with Crippen LogP contribution in [0.25, 0.3) is 0 Å². The minimum atomic E-state index is -0.809. The molecule has 1 aromatic rings. The lowest BCUT2D eigenvalue weighted by molar-refractivity contribution is -0.148. The number of halogens is 2. The second-order valence-corrected chi connectivity index (χ2v) is 4.80. The van der Waals surface area contributed by atoms with E-state index in [0.717, 1.165) is 12.1 Å². The fourth-order valence-electron chi connectivity index (χ4n) is 2.07. The molecule has 0 saturated carbocycles. The van der Waals surface area contributed by atoms with Gasteiger partial charge in [0.2, 0.25) is 11.8 Å². The van der Waals surface area contributed by atoms with Gasteiger partial charge in [0, 0.05) is 25.2 Å². The largest absolute Gasteiger partial charge is 0.335 e. The highest BCUT2D eigenvalue weighted by Crippen LogP contribution is 2.18. The summed E-state index contributed by atoms with van der Waals surface area (Å²) >= 11 is 0. The summed E-state index contributed by atoms with van der Waals surface area (Å²) in [5.41, 5.74) is 5.95. The van der Waals surface area contributed by atoms with Crippen molar-refractivity contribution in [3.05, 3.63) is 35.4 Å². The number of nitrogens with two attached hydrogens (primary N) is 1. The summed E-state index contributed by atoms with van der Waals surface area (Å²) in [7, 11) is 1.54. The first-order valence-corrected chi connectivity index (χ1v) is 6.10. The molecule has 7 heteroatoms. The van der Waals surface area contributed by atoms with Crippen LogP contribution in [0, 0.1) is 11.6 Å². The first kappa shape index (κ1) is 14.4. The second kappa shape index (κ2) is 5.54. The van der Waals surface area contributed by atoms with Gasteiger partial charge < -0.3 is 15.5 Å². The van der Waals surface area contributed by atoms with Crippen molar-refractivity contribution in [2.24, 2.45) is 5.73 Å². The molecule has 1 unspecified atom stereocenters. The molecule has 1 aliphatic rings. The van der Waals surface area contributed by atoms with Crippen LogP contribution in [0.3, 0.4) is 0 Å². The Labute approximate surface area is 114 Å². The van der Waals surface area contributed by atoms with Crippen LogP contribution in [0.4, 0.5) is 8.78 Å². The number of amides is 2. The summed E-state index contributed by atoms with van der Waals surface area (Å²) in [6.45, 7) is -0.0791. The van der Waals surface area contributed by atoms with Gasteiger partial charge in [0.1, 0.15) is 11.6 Å². The number of nitrogens with zero attached hydrogens (tertiary/aromatic N) is 2. The van der Waals surface area contributed by atoms with E-state index in [0.29, 0.717) is 0 Å². The van der Waals surface area contributed by atoms with Crippen molar-refractivity contribution in [3.8, 4) is 0 Å². The van der Waals surface area contributed by atoms with Crippen LogP contribution in [0.5, 0.6) is 0 Å². The quantitative estimate of drug-likeness (QED) is 0.865. The van der Waals surface area contributed by atoms with Gasteiger partial charge in [-0.25, -0.2) is 8.78 Å². The molecule has 108 valence electrons. The lowest BCUT2D eigenvalue weighted by atomic mass is 10.1. The molecule has 0 spiro atoms. The van der Waals surface area contributed by atoms with Crippen LogP contribution in [0.1, 0.15) is 11.6 Å². The zero-order chi connectivity index (χ0) is 14.9. The minimum absolute atomic E-state index is 0.0148. The van der Waals surface area contributed by atoms with E-state index in [-0.39, 0.29) is 37.0 Å². The van der Waals surface area contributed by atoms with Gasteiger partial charge in [-0.15, -0.1) is 0 Å². The SMILES string of the molecule is CN1CC(=O)N(CC(N)c2ccc(F)cc2F)CC1=O. The van der Waals surface area contributed by atoms with E-state index in [1.807, 2.05) is 0 Å². The Morgan fingerprint density at radius 3 is 2.60 bits per heavy atom. The Morgan fingerprint density at radius 1 is 1.25 bits per heavy atom. The van der Waals surface area contributed by atoms with Crippen LogP contribution in [-0.4, -0.2) is 48.3 Å². The highest BCUT2D eigenvalue weighted by atomic mass is 19.1. The number of hydrogen-bond acceptors (Lipinski definition) is 3. The van der Waals surface area contributed by atoms with E-state index in [4.69, 9.17) is 5.73 Å². The average molecular weight is 283 g/mol. The topological polar surface area (TPSA) is 66.6 Å². The van der Waals surface area contributed by atoms with E-state index in [2.05, 4.69) is 0 Å². The van der Waals surface area contributed by atoms with Gasteiger partial charge in [-0.1, -0.05) is 6.07 Å². The monoisotopic (exact) mass is 283 g/mol. The van der Waals surface area contributed by atoms with Crippen LogP contribution in [0.15, 0.2) is 18.2 Å². The van der Waals surface area contributed by atoms with Crippen molar-refractivity contribution >= 4 is 11.8 Å². The lowest BCUT2D eigenvalue weighted by Gasteiger charge is -2.33. The maximum absolute atomic E-state index is 13.6. The molecule has 1 fully saturated rings. The van der Waals surface area contributed by atoms with E-state index < -0.39 is 17.7 Å². The maximum Gasteiger partial charge on any atom is 0.242 e. The molecule has 1 aliphatic heterocycles. The molecular weight excluding hydrogens is 268 g/mol. The molecule has 5 nitrogen and oxygen atoms in total. The van der Waals surface area contributed by atoms with Gasteiger partial charge in [0.25, 0.3) is 0 Å². The first-order valence-electron chi connectivity index (χ1n) is 6.10. The van der Waals surface area contributed by atoms with Crippen molar-refractivity contribution in [2.75, 3.05) is 26.7 Å². The van der Waals surface area contributed by atoms with E-state index in [9.17, 15) is 18.4 Å². The molecule has 0 radical (unpaired) electrons. The molecule has 2 N–H and O–H groups in total. The minimum Gasteiger partial charge on any atom is -0.335 e. The molecule has 1 heterocycles. The Morgan fingerprint density at radius 2 is 1.95 bits per heavy atom. The highest BCUT2D eigenvalue weighted by Gasteiger charge is 2.29. The maximum atomic E-state index is 13.6. The van der Waals surface area contributed by atoms with Gasteiger partial charge in [0.15, 0.2) is 0 Å². The Hall–Kier alpha value is -2.02. The zero-order valence-electron chi connectivity index (χ0n) is 11.0. The number of carbonyl (C=O) groups excluding carboxylic acids is 2. The van der Waals surface area contributed by atoms with Gasteiger partial charge in [-0.2, -0.15) is 0 Å². The highest BCUT2D eigenvalue weighted by molar-refractivity contribution is 5.92. The van der Waals surface area contributed by atoms with Crippen molar-refractivity contribution in [2.45, 2.75) is 6.04 Å². The Bertz CT molecular complexity index is 550. The standard InChI is InChI=1S/C13H15F2N3O2/c1-17-6-13(20)18(7-12(17)19)5-11(16)9-3-2-8(14)4-10(9)15/h2-4,11H,5-7,16H2,1H3. The van der Waals surface area contributed by atoms with Crippen molar-refractivity contribution < 1.29 is 18.4 Å². The molecule has 1 saturated heterocycles. The third kappa shape index (κ3) is 2.93. The Balaban J connectivity index is 2.09. The molecule has 0 bridgehead atoms. The second-order valence-electron chi connectivity index (χ2n) is 4.80. The smallest absolute Gasteiger partial charge is 0.242 e. The number of piperazine rings is 1. The summed E-state index contributed by atoms with van der Waals surface area (Å²) < 4.78 is 26.4. The van der Waals surface area contributed by atoms with Gasteiger partial charge in [-0.3, -0.25) is 9.59 Å². The van der Waals surface area contributed by atoms with E-state index >= 15 is 0 Å². The summed E-state index contributed by atoms with van der Waals surface area (Å²) in [5.74, 6) is -1.89. The molecule has 20 heavy (non-hydrogen) atoms. The number of hydrogen-bond donors (Lipinski definition) is 1. The van der Waals surface area contributed by atoms with Gasteiger partial charge in [0.05, 0.1) is 19.1 Å². The number of carbonyl (C=O) groups is 2. The predicted molar refractivity (Wildman–Crippen MR) is 67.5 cm³/mol. The van der Waals surface area contributed by atoms with Crippen LogP contribution >= 0.6 is 0 Å². The molecule has 0 aromatic heterocycles.